The summed E-state index contributed by atoms with van der Waals surface area (Å²) < 4.78 is 0. The molecule has 2 aromatic carbocycles. The van der Waals surface area contributed by atoms with Gasteiger partial charge in [0.2, 0.25) is 0 Å². The van der Waals surface area contributed by atoms with Crippen LogP contribution >= 0.6 is 0 Å². The van der Waals surface area contributed by atoms with Gasteiger partial charge in [-0.05, 0) is 55.2 Å². The van der Waals surface area contributed by atoms with Crippen LogP contribution in [0.4, 0.5) is 11.4 Å². The molecule has 0 saturated heterocycles. The van der Waals surface area contributed by atoms with Crippen LogP contribution in [-0.2, 0) is 4.79 Å². The van der Waals surface area contributed by atoms with Crippen molar-refractivity contribution in [2.75, 3.05) is 5.43 Å². The molecule has 0 aliphatic carbocycles. The number of anilines is 1. The molecule has 0 spiro atoms. The van der Waals surface area contributed by atoms with Crippen LogP contribution in [0.15, 0.2) is 42.5 Å². The quantitative estimate of drug-likeness (QED) is 0.499. The second-order valence-corrected chi connectivity index (χ2v) is 5.51. The predicted molar refractivity (Wildman–Crippen MR) is 94.5 cm³/mol. The van der Waals surface area contributed by atoms with E-state index in [2.05, 4.69) is 16.9 Å². The molecule has 0 atom stereocenters. The maximum atomic E-state index is 11.9. The summed E-state index contributed by atoms with van der Waals surface area (Å²) in [5.74, 6) is -0.397. The summed E-state index contributed by atoms with van der Waals surface area (Å²) in [7, 11) is 0. The molecule has 2 aromatic rings. The van der Waals surface area contributed by atoms with Crippen LogP contribution in [0.25, 0.3) is 6.08 Å². The second kappa shape index (κ2) is 7.41. The Balaban J connectivity index is 2.04. The number of carbonyl (C=O) groups excluding carboxylic acids is 1. The van der Waals surface area contributed by atoms with Gasteiger partial charge in [0.05, 0.1) is 4.92 Å². The molecule has 0 unspecified atom stereocenters. The molecule has 0 aliphatic rings. The highest BCUT2D eigenvalue weighted by atomic mass is 16.6. The topological polar surface area (TPSA) is 84.3 Å². The van der Waals surface area contributed by atoms with Crippen LogP contribution in [0, 0.1) is 30.9 Å². The third-order valence-electron chi connectivity index (χ3n) is 3.72. The minimum Gasteiger partial charge on any atom is -0.292 e. The number of aryl methyl sites for hydroxylation is 3. The Morgan fingerprint density at radius 1 is 1.08 bits per heavy atom. The summed E-state index contributed by atoms with van der Waals surface area (Å²) in [6.07, 6.45) is 3.11. The molecule has 24 heavy (non-hydrogen) atoms. The number of hydrazine groups is 1. The van der Waals surface area contributed by atoms with Crippen LogP contribution in [0.1, 0.15) is 22.3 Å². The second-order valence-electron chi connectivity index (χ2n) is 5.51. The largest absolute Gasteiger partial charge is 0.294 e. The van der Waals surface area contributed by atoms with Gasteiger partial charge in [-0.15, -0.1) is 0 Å². The van der Waals surface area contributed by atoms with Gasteiger partial charge < -0.3 is 0 Å². The number of benzene rings is 2. The Bertz CT molecular complexity index is 813. The lowest BCUT2D eigenvalue weighted by Gasteiger charge is -2.08. The van der Waals surface area contributed by atoms with Gasteiger partial charge in [0.25, 0.3) is 11.6 Å². The minimum atomic E-state index is -0.511. The fraction of sp³-hybridized carbons (Fsp3) is 0.167. The van der Waals surface area contributed by atoms with Gasteiger partial charge >= 0.3 is 0 Å². The van der Waals surface area contributed by atoms with Crippen molar-refractivity contribution in [3.05, 3.63) is 74.8 Å². The number of nitro benzene ring substituents is 1. The molecule has 2 N–H and O–H groups in total. The van der Waals surface area contributed by atoms with Gasteiger partial charge in [-0.1, -0.05) is 24.3 Å². The number of amides is 1. The molecule has 1 amide bonds. The lowest BCUT2D eigenvalue weighted by molar-refractivity contribution is -0.384. The van der Waals surface area contributed by atoms with E-state index in [1.54, 1.807) is 18.2 Å². The number of nitro groups is 1. The highest BCUT2D eigenvalue weighted by Gasteiger charge is 2.12. The molecule has 124 valence electrons. The van der Waals surface area contributed by atoms with Gasteiger partial charge in [-0.3, -0.25) is 25.8 Å². The average molecular weight is 325 g/mol. The first-order valence-electron chi connectivity index (χ1n) is 7.44. The van der Waals surface area contributed by atoms with Crippen molar-refractivity contribution in [1.82, 2.24) is 5.43 Å². The smallest absolute Gasteiger partial charge is 0.292 e. The van der Waals surface area contributed by atoms with Crippen molar-refractivity contribution in [3.8, 4) is 0 Å². The number of nitrogens with one attached hydrogen (secondary N) is 2. The summed E-state index contributed by atoms with van der Waals surface area (Å²) in [6, 6.07) is 10.2. The number of nitrogens with zero attached hydrogens (tertiary/aromatic N) is 1. The molecule has 2 rings (SSSR count). The van der Waals surface area contributed by atoms with Crippen molar-refractivity contribution in [2.24, 2.45) is 0 Å². The van der Waals surface area contributed by atoms with Gasteiger partial charge in [0.1, 0.15) is 5.69 Å². The lowest BCUT2D eigenvalue weighted by Crippen LogP contribution is -2.27. The van der Waals surface area contributed by atoms with Gasteiger partial charge in [0.15, 0.2) is 0 Å². The van der Waals surface area contributed by atoms with E-state index in [4.69, 9.17) is 0 Å². The Kier molecular flexibility index (Phi) is 5.31. The molecule has 0 bridgehead atoms. The Hall–Kier alpha value is -3.15. The molecule has 0 saturated carbocycles. The highest BCUT2D eigenvalue weighted by Crippen LogP contribution is 2.22. The Labute approximate surface area is 140 Å². The van der Waals surface area contributed by atoms with Crippen molar-refractivity contribution < 1.29 is 9.72 Å². The fourth-order valence-corrected chi connectivity index (χ4v) is 2.24. The van der Waals surface area contributed by atoms with Crippen LogP contribution in [0.2, 0.25) is 0 Å². The van der Waals surface area contributed by atoms with Crippen LogP contribution in [0.3, 0.4) is 0 Å². The summed E-state index contributed by atoms with van der Waals surface area (Å²) in [4.78, 5) is 22.3. The first kappa shape index (κ1) is 17.2. The first-order valence-corrected chi connectivity index (χ1v) is 7.44. The van der Waals surface area contributed by atoms with E-state index in [-0.39, 0.29) is 11.4 Å². The maximum absolute atomic E-state index is 11.9. The van der Waals surface area contributed by atoms with E-state index in [1.807, 2.05) is 26.8 Å². The van der Waals surface area contributed by atoms with Crippen molar-refractivity contribution in [1.29, 1.82) is 0 Å². The van der Waals surface area contributed by atoms with Gasteiger partial charge in [-0.25, -0.2) is 0 Å². The Morgan fingerprint density at radius 3 is 2.46 bits per heavy atom. The zero-order valence-electron chi connectivity index (χ0n) is 13.8. The molecule has 0 aromatic heterocycles. The molecule has 6 heteroatoms. The predicted octanol–water partition coefficient (Wildman–Crippen LogP) is 3.68. The van der Waals surface area contributed by atoms with Crippen molar-refractivity contribution >= 4 is 23.4 Å². The molecule has 0 heterocycles. The van der Waals surface area contributed by atoms with Gasteiger partial charge in [-0.2, -0.15) is 0 Å². The van der Waals surface area contributed by atoms with E-state index in [0.717, 1.165) is 16.7 Å². The number of para-hydroxylation sites is 2. The fourth-order valence-electron chi connectivity index (χ4n) is 2.24. The number of rotatable bonds is 5. The summed E-state index contributed by atoms with van der Waals surface area (Å²) >= 11 is 0. The van der Waals surface area contributed by atoms with E-state index in [0.29, 0.717) is 0 Å². The van der Waals surface area contributed by atoms with E-state index >= 15 is 0 Å². The number of carbonyl (C=O) groups is 1. The summed E-state index contributed by atoms with van der Waals surface area (Å²) in [6.45, 7) is 6.04. The minimum absolute atomic E-state index is 0.105. The van der Waals surface area contributed by atoms with Crippen LogP contribution < -0.4 is 10.9 Å². The number of hydrogen-bond acceptors (Lipinski definition) is 4. The third-order valence-corrected chi connectivity index (χ3v) is 3.72. The SMILES string of the molecule is Cc1cc(C)c(C=CC(=O)NNc2ccccc2[N+](=O)[O-])cc1C. The van der Waals surface area contributed by atoms with E-state index in [1.165, 1.54) is 23.8 Å². The number of hydrogen-bond donors (Lipinski definition) is 2. The summed E-state index contributed by atoms with van der Waals surface area (Å²) in [5, 5.41) is 10.9. The lowest BCUT2D eigenvalue weighted by atomic mass is 10.0. The van der Waals surface area contributed by atoms with E-state index in [9.17, 15) is 14.9 Å². The monoisotopic (exact) mass is 325 g/mol. The molecular weight excluding hydrogens is 306 g/mol. The van der Waals surface area contributed by atoms with Crippen molar-refractivity contribution in [3.63, 3.8) is 0 Å². The van der Waals surface area contributed by atoms with Crippen molar-refractivity contribution in [2.45, 2.75) is 20.8 Å². The zero-order chi connectivity index (χ0) is 17.7. The van der Waals surface area contributed by atoms with Crippen LogP contribution in [0.5, 0.6) is 0 Å². The van der Waals surface area contributed by atoms with E-state index < -0.39 is 10.8 Å². The molecule has 0 radical (unpaired) electrons. The third kappa shape index (κ3) is 4.19. The van der Waals surface area contributed by atoms with Gasteiger partial charge in [0, 0.05) is 12.1 Å². The first-order chi connectivity index (χ1) is 11.4. The molecular formula is C18H19N3O3. The Morgan fingerprint density at radius 2 is 1.75 bits per heavy atom. The normalized spacial score (nSPS) is 10.6. The highest BCUT2D eigenvalue weighted by molar-refractivity contribution is 5.92. The summed E-state index contributed by atoms with van der Waals surface area (Å²) in [5.41, 5.74) is 9.51. The molecule has 0 aliphatic heterocycles. The molecule has 6 nitrogen and oxygen atoms in total. The zero-order valence-corrected chi connectivity index (χ0v) is 13.8. The average Bonchev–Trinajstić information content (AvgIpc) is 2.55. The standard InChI is InChI=1S/C18H19N3O3/c1-12-10-14(3)15(11-13(12)2)8-9-18(22)20-19-16-6-4-5-7-17(16)21(23)24/h4-11,19H,1-3H3,(H,20,22). The molecule has 0 fully saturated rings. The maximum Gasteiger partial charge on any atom is 0.294 e. The van der Waals surface area contributed by atoms with Crippen LogP contribution in [-0.4, -0.2) is 10.8 Å².